The lowest BCUT2D eigenvalue weighted by molar-refractivity contribution is 0.248. The molecule has 0 aliphatic carbocycles. The molecule has 0 aliphatic heterocycles. The van der Waals surface area contributed by atoms with Gasteiger partial charge in [0.15, 0.2) is 4.77 Å². The molecule has 17 heavy (non-hydrogen) atoms. The highest BCUT2D eigenvalue weighted by molar-refractivity contribution is 7.71. The molecule has 1 aromatic heterocycles. The highest BCUT2D eigenvalue weighted by Crippen LogP contribution is 2.15. The number of carbonyl (C=O) groups is 1. The zero-order valence-electron chi connectivity index (χ0n) is 9.49. The fourth-order valence-corrected chi connectivity index (χ4v) is 2.08. The van der Waals surface area contributed by atoms with Gasteiger partial charge in [-0.25, -0.2) is 4.79 Å². The fourth-order valence-electron chi connectivity index (χ4n) is 1.78. The first-order valence-corrected chi connectivity index (χ1v) is 5.71. The third kappa shape index (κ3) is 2.47. The second-order valence-corrected chi connectivity index (χ2v) is 4.28. The highest BCUT2D eigenvalue weighted by Gasteiger charge is 2.04. The molecule has 1 heterocycles. The minimum atomic E-state index is -0.521. The van der Waals surface area contributed by atoms with E-state index in [0.29, 0.717) is 17.9 Å². The number of aryl methyl sites for hydroxylation is 1. The number of nitrogens with two attached hydrogens (primary N) is 1. The molecule has 6 heteroatoms. The van der Waals surface area contributed by atoms with Crippen molar-refractivity contribution in [2.24, 2.45) is 5.73 Å². The van der Waals surface area contributed by atoms with Gasteiger partial charge in [0.25, 0.3) is 0 Å². The number of hydrogen-bond donors (Lipinski definition) is 3. The van der Waals surface area contributed by atoms with E-state index in [9.17, 15) is 4.79 Å². The average Bonchev–Trinajstić information content (AvgIpc) is 2.55. The van der Waals surface area contributed by atoms with Crippen LogP contribution in [0.5, 0.6) is 0 Å². The number of hydrogen-bond acceptors (Lipinski definition) is 2. The normalized spacial score (nSPS) is 10.6. The number of aromatic amines is 1. The summed E-state index contributed by atoms with van der Waals surface area (Å²) in [6.07, 6.45) is 0. The van der Waals surface area contributed by atoms with Gasteiger partial charge in [-0.15, -0.1) is 0 Å². The molecule has 90 valence electrons. The van der Waals surface area contributed by atoms with E-state index in [1.807, 2.05) is 23.6 Å². The number of primary amides is 1. The summed E-state index contributed by atoms with van der Waals surface area (Å²) in [6.45, 7) is 3.09. The predicted molar refractivity (Wildman–Crippen MR) is 69.4 cm³/mol. The number of carbonyl (C=O) groups excluding carboxylic acids is 1. The molecule has 4 N–H and O–H groups in total. The van der Waals surface area contributed by atoms with Crippen LogP contribution in [-0.2, 0) is 6.54 Å². The Morgan fingerprint density at radius 3 is 3.06 bits per heavy atom. The molecule has 1 aromatic carbocycles. The van der Waals surface area contributed by atoms with Crippen LogP contribution in [0.15, 0.2) is 18.2 Å². The SMILES string of the molecule is Cc1ccc2[nH]c(=S)n(CCNC(N)=O)c2c1. The van der Waals surface area contributed by atoms with Gasteiger partial charge in [-0.1, -0.05) is 6.07 Å². The summed E-state index contributed by atoms with van der Waals surface area (Å²) >= 11 is 5.24. The van der Waals surface area contributed by atoms with Crippen LogP contribution in [0.25, 0.3) is 11.0 Å². The number of rotatable bonds is 3. The fraction of sp³-hybridized carbons (Fsp3) is 0.273. The maximum absolute atomic E-state index is 10.6. The standard InChI is InChI=1S/C11H14N4OS/c1-7-2-3-8-9(6-7)15(11(17)14-8)5-4-13-10(12)16/h2-3,6H,4-5H2,1H3,(H,14,17)(H3,12,13,16). The Bertz CT molecular complexity index is 613. The monoisotopic (exact) mass is 250 g/mol. The first-order chi connectivity index (χ1) is 8.08. The van der Waals surface area contributed by atoms with E-state index in [0.717, 1.165) is 11.0 Å². The molecule has 0 aliphatic rings. The molecular weight excluding hydrogens is 236 g/mol. The van der Waals surface area contributed by atoms with Crippen molar-refractivity contribution in [3.05, 3.63) is 28.5 Å². The highest BCUT2D eigenvalue weighted by atomic mass is 32.1. The van der Waals surface area contributed by atoms with Crippen LogP contribution in [0, 0.1) is 11.7 Å². The molecule has 0 unspecified atom stereocenters. The van der Waals surface area contributed by atoms with E-state index in [4.69, 9.17) is 18.0 Å². The average molecular weight is 250 g/mol. The second kappa shape index (κ2) is 4.58. The lowest BCUT2D eigenvalue weighted by atomic mass is 10.2. The number of amides is 2. The van der Waals surface area contributed by atoms with Gasteiger partial charge in [0.2, 0.25) is 0 Å². The van der Waals surface area contributed by atoms with Crippen molar-refractivity contribution < 1.29 is 4.79 Å². The number of imidazole rings is 1. The topological polar surface area (TPSA) is 75.8 Å². The van der Waals surface area contributed by atoms with Crippen LogP contribution < -0.4 is 11.1 Å². The Labute approximate surface area is 104 Å². The molecule has 0 spiro atoms. The summed E-state index contributed by atoms with van der Waals surface area (Å²) in [7, 11) is 0. The van der Waals surface area contributed by atoms with Crippen molar-refractivity contribution in [2.75, 3.05) is 6.54 Å². The van der Waals surface area contributed by atoms with E-state index < -0.39 is 6.03 Å². The molecule has 0 atom stereocenters. The largest absolute Gasteiger partial charge is 0.352 e. The zero-order chi connectivity index (χ0) is 12.4. The molecule has 0 saturated carbocycles. The van der Waals surface area contributed by atoms with Crippen molar-refractivity contribution in [1.82, 2.24) is 14.9 Å². The first kappa shape index (κ1) is 11.7. The van der Waals surface area contributed by atoms with Crippen molar-refractivity contribution in [3.63, 3.8) is 0 Å². The number of H-pyrrole nitrogens is 1. The van der Waals surface area contributed by atoms with Gasteiger partial charge in [0.1, 0.15) is 0 Å². The van der Waals surface area contributed by atoms with E-state index in [1.165, 1.54) is 5.56 Å². The number of aromatic nitrogens is 2. The van der Waals surface area contributed by atoms with E-state index in [1.54, 1.807) is 0 Å². The van der Waals surface area contributed by atoms with Crippen molar-refractivity contribution in [2.45, 2.75) is 13.5 Å². The Hall–Kier alpha value is -1.82. The van der Waals surface area contributed by atoms with Gasteiger partial charge >= 0.3 is 6.03 Å². The minimum Gasteiger partial charge on any atom is -0.352 e. The second-order valence-electron chi connectivity index (χ2n) is 3.89. The number of benzene rings is 1. The Balaban J connectivity index is 2.32. The van der Waals surface area contributed by atoms with E-state index in [-0.39, 0.29) is 0 Å². The van der Waals surface area contributed by atoms with Gasteiger partial charge in [0.05, 0.1) is 11.0 Å². The van der Waals surface area contributed by atoms with E-state index >= 15 is 0 Å². The van der Waals surface area contributed by atoms with Crippen LogP contribution in [0.4, 0.5) is 4.79 Å². The lowest BCUT2D eigenvalue weighted by Crippen LogP contribution is -2.32. The molecule has 2 aromatic rings. The Morgan fingerprint density at radius 2 is 2.35 bits per heavy atom. The van der Waals surface area contributed by atoms with Crippen LogP contribution in [0.1, 0.15) is 5.56 Å². The summed E-state index contributed by atoms with van der Waals surface area (Å²) in [4.78, 5) is 13.7. The van der Waals surface area contributed by atoms with Crippen molar-refractivity contribution in [3.8, 4) is 0 Å². The molecule has 2 amide bonds. The third-order valence-electron chi connectivity index (χ3n) is 2.57. The Morgan fingerprint density at radius 1 is 1.59 bits per heavy atom. The third-order valence-corrected chi connectivity index (χ3v) is 2.89. The molecule has 2 rings (SSSR count). The van der Waals surface area contributed by atoms with Crippen LogP contribution >= 0.6 is 12.2 Å². The van der Waals surface area contributed by atoms with Crippen LogP contribution in [0.2, 0.25) is 0 Å². The number of nitrogens with zero attached hydrogens (tertiary/aromatic N) is 1. The van der Waals surface area contributed by atoms with Crippen LogP contribution in [0.3, 0.4) is 0 Å². The maximum Gasteiger partial charge on any atom is 0.312 e. The molecule has 5 nitrogen and oxygen atoms in total. The number of urea groups is 1. The van der Waals surface area contributed by atoms with Gasteiger partial charge in [-0.3, -0.25) is 0 Å². The first-order valence-electron chi connectivity index (χ1n) is 5.30. The summed E-state index contributed by atoms with van der Waals surface area (Å²) < 4.78 is 2.60. The van der Waals surface area contributed by atoms with E-state index in [2.05, 4.69) is 16.4 Å². The lowest BCUT2D eigenvalue weighted by Gasteiger charge is -2.05. The van der Waals surface area contributed by atoms with Crippen molar-refractivity contribution >= 4 is 29.3 Å². The minimum absolute atomic E-state index is 0.463. The number of nitrogens with one attached hydrogen (secondary N) is 2. The molecular formula is C11H14N4OS. The van der Waals surface area contributed by atoms with Crippen LogP contribution in [-0.4, -0.2) is 22.1 Å². The molecule has 0 radical (unpaired) electrons. The van der Waals surface area contributed by atoms with Gasteiger partial charge in [-0.05, 0) is 36.8 Å². The smallest absolute Gasteiger partial charge is 0.312 e. The molecule has 0 saturated heterocycles. The van der Waals surface area contributed by atoms with Gasteiger partial charge in [0, 0.05) is 13.1 Å². The van der Waals surface area contributed by atoms with Gasteiger partial charge < -0.3 is 20.6 Å². The summed E-state index contributed by atoms with van der Waals surface area (Å²) in [5, 5.41) is 2.55. The number of fused-ring (bicyclic) bond motifs is 1. The molecule has 0 fully saturated rings. The predicted octanol–water partition coefficient (Wildman–Crippen LogP) is 1.68. The van der Waals surface area contributed by atoms with Crippen molar-refractivity contribution in [1.29, 1.82) is 0 Å². The quantitative estimate of drug-likeness (QED) is 0.725. The van der Waals surface area contributed by atoms with Gasteiger partial charge in [-0.2, -0.15) is 0 Å². The zero-order valence-corrected chi connectivity index (χ0v) is 10.3. The summed E-state index contributed by atoms with van der Waals surface area (Å²) in [6, 6.07) is 5.57. The Kier molecular flexibility index (Phi) is 3.14. The summed E-state index contributed by atoms with van der Waals surface area (Å²) in [5.41, 5.74) is 8.23. The maximum atomic E-state index is 10.6. The summed E-state index contributed by atoms with van der Waals surface area (Å²) in [5.74, 6) is 0. The molecule has 0 bridgehead atoms.